The highest BCUT2D eigenvalue weighted by Gasteiger charge is 2.36. The van der Waals surface area contributed by atoms with Gasteiger partial charge in [-0.3, -0.25) is 0 Å². The lowest BCUT2D eigenvalue weighted by Crippen LogP contribution is -2.21. The van der Waals surface area contributed by atoms with Gasteiger partial charge >= 0.3 is 0 Å². The van der Waals surface area contributed by atoms with Crippen LogP contribution in [-0.4, -0.2) is 21.5 Å². The maximum absolute atomic E-state index is 11.9. The van der Waals surface area contributed by atoms with Gasteiger partial charge in [-0.15, -0.1) is 0 Å². The highest BCUT2D eigenvalue weighted by Crippen LogP contribution is 2.37. The molecular formula is C12H19N3O2S. The average molecular weight is 269 g/mol. The summed E-state index contributed by atoms with van der Waals surface area (Å²) in [5, 5.41) is 3.28. The van der Waals surface area contributed by atoms with Gasteiger partial charge in [-0.1, -0.05) is 13.3 Å². The average Bonchev–Trinajstić information content (AvgIpc) is 3.10. The van der Waals surface area contributed by atoms with Crippen LogP contribution in [0, 0.1) is 5.92 Å². The maximum atomic E-state index is 11.9. The first kappa shape index (κ1) is 13.2. The van der Waals surface area contributed by atoms with E-state index in [0.29, 0.717) is 23.3 Å². The highest BCUT2D eigenvalue weighted by atomic mass is 32.2. The minimum absolute atomic E-state index is 0.215. The van der Waals surface area contributed by atoms with Crippen molar-refractivity contribution in [2.75, 3.05) is 18.1 Å². The Morgan fingerprint density at radius 3 is 2.72 bits per heavy atom. The van der Waals surface area contributed by atoms with Crippen molar-refractivity contribution in [3.63, 3.8) is 0 Å². The second-order valence-corrected chi connectivity index (χ2v) is 6.47. The number of hydrogen-bond acceptors (Lipinski definition) is 4. The van der Waals surface area contributed by atoms with Gasteiger partial charge in [0.25, 0.3) is 0 Å². The molecule has 1 fully saturated rings. The molecule has 1 aliphatic rings. The summed E-state index contributed by atoms with van der Waals surface area (Å²) in [6.07, 6.45) is 2.21. The summed E-state index contributed by atoms with van der Waals surface area (Å²) < 4.78 is 26.2. The van der Waals surface area contributed by atoms with E-state index < -0.39 is 10.0 Å². The molecule has 0 aliphatic heterocycles. The predicted octanol–water partition coefficient (Wildman–Crippen LogP) is 1.39. The zero-order chi connectivity index (χ0) is 13.3. The molecular weight excluding hydrogens is 250 g/mol. The lowest BCUT2D eigenvalue weighted by Gasteiger charge is -2.12. The summed E-state index contributed by atoms with van der Waals surface area (Å²) in [5.41, 5.74) is 6.73. The summed E-state index contributed by atoms with van der Waals surface area (Å²) in [5.74, 6) is 0.646. The molecule has 18 heavy (non-hydrogen) atoms. The first-order valence-electron chi connectivity index (χ1n) is 6.07. The molecule has 1 aromatic rings. The number of sulfonamides is 1. The molecule has 6 heteroatoms. The number of nitrogens with two attached hydrogens (primary N) is 1. The zero-order valence-corrected chi connectivity index (χ0v) is 11.4. The van der Waals surface area contributed by atoms with Gasteiger partial charge in [0.1, 0.15) is 4.90 Å². The zero-order valence-electron chi connectivity index (χ0n) is 10.6. The van der Waals surface area contributed by atoms with E-state index in [1.807, 2.05) is 0 Å². The lowest BCUT2D eigenvalue weighted by atomic mass is 10.2. The first-order chi connectivity index (χ1) is 8.47. The molecule has 5 nitrogen and oxygen atoms in total. The van der Waals surface area contributed by atoms with Gasteiger partial charge in [-0.2, -0.15) is 0 Å². The molecule has 0 radical (unpaired) electrons. The minimum Gasteiger partial charge on any atom is -0.399 e. The molecule has 1 saturated carbocycles. The first-order valence-corrected chi connectivity index (χ1v) is 7.56. The fourth-order valence-electron chi connectivity index (χ4n) is 2.07. The summed E-state index contributed by atoms with van der Waals surface area (Å²) >= 11 is 0. The van der Waals surface area contributed by atoms with Crippen LogP contribution in [0.5, 0.6) is 0 Å². The van der Waals surface area contributed by atoms with Gasteiger partial charge in [0.15, 0.2) is 0 Å². The third kappa shape index (κ3) is 2.59. The quantitative estimate of drug-likeness (QED) is 0.705. The maximum Gasteiger partial charge on any atom is 0.242 e. The second kappa shape index (κ2) is 4.78. The molecule has 0 saturated heterocycles. The minimum atomic E-state index is -3.49. The fourth-order valence-corrected chi connectivity index (χ4v) is 2.99. The van der Waals surface area contributed by atoms with Crippen molar-refractivity contribution < 1.29 is 8.42 Å². The van der Waals surface area contributed by atoms with E-state index in [9.17, 15) is 8.42 Å². The topological polar surface area (TPSA) is 84.2 Å². The Labute approximate surface area is 108 Å². The molecule has 0 bridgehead atoms. The molecule has 0 spiro atoms. The van der Waals surface area contributed by atoms with Gasteiger partial charge in [0, 0.05) is 11.7 Å². The monoisotopic (exact) mass is 269 g/mol. The summed E-state index contributed by atoms with van der Waals surface area (Å²) in [6, 6.07) is 5.30. The Hall–Kier alpha value is -1.27. The van der Waals surface area contributed by atoms with Crippen molar-refractivity contribution in [2.24, 2.45) is 5.92 Å². The van der Waals surface area contributed by atoms with Crippen molar-refractivity contribution >= 4 is 21.4 Å². The number of nitrogens with one attached hydrogen (secondary N) is 2. The van der Waals surface area contributed by atoms with Crippen LogP contribution in [0.25, 0.3) is 0 Å². The predicted molar refractivity (Wildman–Crippen MR) is 72.9 cm³/mol. The standard InChI is InChI=1S/C12H19N3O2S/c1-3-8-6-11(8)15-10-5-4-9(13)7-12(10)18(16,17)14-2/h4-5,7-8,11,14-15H,3,6,13H2,1-2H3. The van der Waals surface area contributed by atoms with E-state index in [2.05, 4.69) is 17.0 Å². The fraction of sp³-hybridized carbons (Fsp3) is 0.500. The number of nitrogen functional groups attached to an aromatic ring is 1. The normalized spacial score (nSPS) is 22.8. The van der Waals surface area contributed by atoms with Gasteiger partial charge in [0.05, 0.1) is 5.69 Å². The molecule has 4 N–H and O–H groups in total. The van der Waals surface area contributed by atoms with E-state index in [1.165, 1.54) is 13.1 Å². The van der Waals surface area contributed by atoms with Gasteiger partial charge < -0.3 is 11.1 Å². The van der Waals surface area contributed by atoms with Crippen LogP contribution >= 0.6 is 0 Å². The molecule has 1 aromatic carbocycles. The second-order valence-electron chi connectivity index (χ2n) is 4.62. The van der Waals surface area contributed by atoms with Crippen molar-refractivity contribution in [2.45, 2.75) is 30.7 Å². The van der Waals surface area contributed by atoms with Crippen LogP contribution in [0.1, 0.15) is 19.8 Å². The van der Waals surface area contributed by atoms with Crippen molar-refractivity contribution in [1.29, 1.82) is 0 Å². The molecule has 0 heterocycles. The van der Waals surface area contributed by atoms with Gasteiger partial charge in [-0.05, 0) is 37.6 Å². The third-order valence-corrected chi connectivity index (χ3v) is 4.81. The molecule has 1 aliphatic carbocycles. The Bertz CT molecular complexity index is 542. The van der Waals surface area contributed by atoms with E-state index in [0.717, 1.165) is 12.8 Å². The van der Waals surface area contributed by atoms with Crippen LogP contribution in [0.4, 0.5) is 11.4 Å². The van der Waals surface area contributed by atoms with E-state index in [-0.39, 0.29) is 4.90 Å². The Balaban J connectivity index is 2.30. The molecule has 2 unspecified atom stereocenters. The van der Waals surface area contributed by atoms with Crippen LogP contribution in [0.3, 0.4) is 0 Å². The lowest BCUT2D eigenvalue weighted by molar-refractivity contribution is 0.588. The summed E-state index contributed by atoms with van der Waals surface area (Å²) in [4.78, 5) is 0.215. The third-order valence-electron chi connectivity index (χ3n) is 3.35. The number of anilines is 2. The van der Waals surface area contributed by atoms with Gasteiger partial charge in [-0.25, -0.2) is 13.1 Å². The van der Waals surface area contributed by atoms with Crippen LogP contribution in [0.15, 0.2) is 23.1 Å². The molecule has 2 atom stereocenters. The van der Waals surface area contributed by atoms with Crippen LogP contribution in [-0.2, 0) is 10.0 Å². The van der Waals surface area contributed by atoms with E-state index >= 15 is 0 Å². The largest absolute Gasteiger partial charge is 0.399 e. The Morgan fingerprint density at radius 2 is 2.17 bits per heavy atom. The molecule has 2 rings (SSSR count). The smallest absolute Gasteiger partial charge is 0.242 e. The van der Waals surface area contributed by atoms with E-state index in [4.69, 9.17) is 5.73 Å². The van der Waals surface area contributed by atoms with Gasteiger partial charge in [0.2, 0.25) is 10.0 Å². The molecule has 0 amide bonds. The Morgan fingerprint density at radius 1 is 1.44 bits per heavy atom. The number of rotatable bonds is 5. The number of benzene rings is 1. The van der Waals surface area contributed by atoms with Crippen molar-refractivity contribution in [1.82, 2.24) is 4.72 Å². The van der Waals surface area contributed by atoms with Crippen molar-refractivity contribution in [3.05, 3.63) is 18.2 Å². The highest BCUT2D eigenvalue weighted by molar-refractivity contribution is 7.89. The SMILES string of the molecule is CCC1CC1Nc1ccc(N)cc1S(=O)(=O)NC. The van der Waals surface area contributed by atoms with Crippen LogP contribution in [0.2, 0.25) is 0 Å². The molecule has 0 aromatic heterocycles. The summed E-state index contributed by atoms with van der Waals surface area (Å²) in [7, 11) is -2.09. The van der Waals surface area contributed by atoms with E-state index in [1.54, 1.807) is 12.1 Å². The molecule has 100 valence electrons. The summed E-state index contributed by atoms with van der Waals surface area (Å²) in [6.45, 7) is 2.14. The van der Waals surface area contributed by atoms with Crippen LogP contribution < -0.4 is 15.8 Å². The number of hydrogen-bond donors (Lipinski definition) is 3. The van der Waals surface area contributed by atoms with Crippen molar-refractivity contribution in [3.8, 4) is 0 Å². The Kier molecular flexibility index (Phi) is 3.49.